The first-order valence-electron chi connectivity index (χ1n) is 6.22. The highest BCUT2D eigenvalue weighted by Gasteiger charge is 2.14. The van der Waals surface area contributed by atoms with Crippen LogP contribution in [0.25, 0.3) is 10.9 Å². The summed E-state index contributed by atoms with van der Waals surface area (Å²) < 4.78 is 16.4. The van der Waals surface area contributed by atoms with E-state index in [1.54, 1.807) is 41.1 Å². The van der Waals surface area contributed by atoms with E-state index in [-0.39, 0.29) is 11.5 Å². The van der Waals surface area contributed by atoms with E-state index in [4.69, 9.17) is 0 Å². The fraction of sp³-hybridized carbons (Fsp3) is 0.0667. The van der Waals surface area contributed by atoms with E-state index in [1.807, 2.05) is 0 Å². The Hall–Kier alpha value is -2.21. The number of non-ortho nitro benzene ring substituents is 1. The Morgan fingerprint density at radius 2 is 2.05 bits per heavy atom. The molecule has 1 heterocycles. The zero-order valence-electron chi connectivity index (χ0n) is 10.8. The van der Waals surface area contributed by atoms with Crippen molar-refractivity contribution in [3.8, 4) is 0 Å². The number of benzene rings is 2. The highest BCUT2D eigenvalue weighted by Crippen LogP contribution is 2.27. The summed E-state index contributed by atoms with van der Waals surface area (Å²) >= 11 is 3.22. The summed E-state index contributed by atoms with van der Waals surface area (Å²) in [5.74, 6) is -0.309. The molecule has 0 N–H and O–H groups in total. The Bertz CT molecular complexity index is 845. The topological polar surface area (TPSA) is 48.1 Å². The first-order chi connectivity index (χ1) is 10.1. The van der Waals surface area contributed by atoms with Crippen LogP contribution in [0, 0.1) is 15.9 Å². The molecule has 3 aromatic rings. The summed E-state index contributed by atoms with van der Waals surface area (Å²) in [6.07, 6.45) is 1.74. The van der Waals surface area contributed by atoms with Crippen LogP contribution in [-0.2, 0) is 6.54 Å². The lowest BCUT2D eigenvalue weighted by Crippen LogP contribution is -2.00. The summed E-state index contributed by atoms with van der Waals surface area (Å²) in [6, 6.07) is 11.4. The highest BCUT2D eigenvalue weighted by atomic mass is 79.9. The van der Waals surface area contributed by atoms with Crippen LogP contribution >= 0.6 is 15.9 Å². The van der Waals surface area contributed by atoms with E-state index < -0.39 is 4.92 Å². The van der Waals surface area contributed by atoms with Crippen LogP contribution in [0.1, 0.15) is 5.56 Å². The highest BCUT2D eigenvalue weighted by molar-refractivity contribution is 9.10. The van der Waals surface area contributed by atoms with Gasteiger partial charge >= 0.3 is 0 Å². The summed E-state index contributed by atoms with van der Waals surface area (Å²) in [6.45, 7) is 0.323. The lowest BCUT2D eigenvalue weighted by molar-refractivity contribution is -0.383. The second kappa shape index (κ2) is 5.29. The molecule has 0 aliphatic rings. The average Bonchev–Trinajstić information content (AvgIpc) is 2.85. The second-order valence-corrected chi connectivity index (χ2v) is 5.56. The van der Waals surface area contributed by atoms with Crippen LogP contribution in [0.2, 0.25) is 0 Å². The number of halogens is 2. The van der Waals surface area contributed by atoms with Crippen molar-refractivity contribution in [3.05, 3.63) is 74.6 Å². The fourth-order valence-electron chi connectivity index (χ4n) is 2.34. The van der Waals surface area contributed by atoms with Gasteiger partial charge in [0, 0.05) is 22.3 Å². The van der Waals surface area contributed by atoms with Gasteiger partial charge in [0.1, 0.15) is 5.82 Å². The Balaban J connectivity index is 2.06. The standard InChI is InChI=1S/C15H10BrFN2O2/c16-11-5-4-10(13(17)8-11)9-18-7-6-12-14(18)2-1-3-15(12)19(20)21/h1-8H,9H2. The average molecular weight is 349 g/mol. The molecule has 0 bridgehead atoms. The van der Waals surface area contributed by atoms with Gasteiger partial charge in [-0.05, 0) is 24.3 Å². The Kier molecular flexibility index (Phi) is 3.47. The molecule has 0 spiro atoms. The number of rotatable bonds is 3. The first-order valence-corrected chi connectivity index (χ1v) is 7.02. The van der Waals surface area contributed by atoms with Gasteiger partial charge in [-0.1, -0.05) is 28.1 Å². The molecule has 0 aliphatic heterocycles. The zero-order chi connectivity index (χ0) is 15.0. The first kappa shape index (κ1) is 13.8. The van der Waals surface area contributed by atoms with Crippen molar-refractivity contribution in [2.45, 2.75) is 6.54 Å². The molecule has 0 radical (unpaired) electrons. The van der Waals surface area contributed by atoms with Crippen LogP contribution < -0.4 is 0 Å². The third-order valence-corrected chi connectivity index (χ3v) is 3.84. The third kappa shape index (κ3) is 2.54. The molecule has 21 heavy (non-hydrogen) atoms. The van der Waals surface area contributed by atoms with Crippen molar-refractivity contribution < 1.29 is 9.31 Å². The van der Waals surface area contributed by atoms with E-state index >= 15 is 0 Å². The van der Waals surface area contributed by atoms with Gasteiger partial charge in [0.2, 0.25) is 0 Å². The molecule has 0 atom stereocenters. The normalized spacial score (nSPS) is 11.0. The Labute approximate surface area is 128 Å². The van der Waals surface area contributed by atoms with Crippen LogP contribution in [0.3, 0.4) is 0 Å². The van der Waals surface area contributed by atoms with E-state index in [0.29, 0.717) is 27.5 Å². The molecular weight excluding hydrogens is 339 g/mol. The lowest BCUT2D eigenvalue weighted by Gasteiger charge is -2.07. The molecule has 0 aliphatic carbocycles. The van der Waals surface area contributed by atoms with Crippen LogP contribution in [0.4, 0.5) is 10.1 Å². The number of hydrogen-bond donors (Lipinski definition) is 0. The SMILES string of the molecule is O=[N+]([O-])c1cccc2c1ccn2Cc1ccc(Br)cc1F. The number of fused-ring (bicyclic) bond motifs is 1. The van der Waals surface area contributed by atoms with Crippen LogP contribution in [0.5, 0.6) is 0 Å². The number of hydrogen-bond acceptors (Lipinski definition) is 2. The van der Waals surface area contributed by atoms with Gasteiger partial charge in [-0.2, -0.15) is 0 Å². The molecule has 0 amide bonds. The zero-order valence-corrected chi connectivity index (χ0v) is 12.4. The van der Waals surface area contributed by atoms with Gasteiger partial charge in [-0.3, -0.25) is 10.1 Å². The molecule has 3 rings (SSSR count). The number of nitrogens with zero attached hydrogens (tertiary/aromatic N) is 2. The van der Waals surface area contributed by atoms with Gasteiger partial charge < -0.3 is 4.57 Å². The molecule has 1 aromatic heterocycles. The van der Waals surface area contributed by atoms with E-state index in [9.17, 15) is 14.5 Å². The number of nitro groups is 1. The quantitative estimate of drug-likeness (QED) is 0.516. The Morgan fingerprint density at radius 1 is 1.24 bits per heavy atom. The van der Waals surface area contributed by atoms with E-state index in [0.717, 1.165) is 0 Å². The minimum atomic E-state index is -0.410. The minimum absolute atomic E-state index is 0.0579. The predicted molar refractivity (Wildman–Crippen MR) is 81.8 cm³/mol. The fourth-order valence-corrected chi connectivity index (χ4v) is 2.67. The summed E-state index contributed by atoms with van der Waals surface area (Å²) in [5.41, 5.74) is 1.30. The molecule has 0 unspecified atom stereocenters. The molecule has 0 fully saturated rings. The van der Waals surface area contributed by atoms with Crippen LogP contribution in [0.15, 0.2) is 53.1 Å². The maximum atomic E-state index is 13.9. The maximum Gasteiger partial charge on any atom is 0.278 e. The molecule has 2 aromatic carbocycles. The Morgan fingerprint density at radius 3 is 2.76 bits per heavy atom. The minimum Gasteiger partial charge on any atom is -0.343 e. The van der Waals surface area contributed by atoms with Gasteiger partial charge in [0.15, 0.2) is 0 Å². The largest absolute Gasteiger partial charge is 0.343 e. The molecule has 4 nitrogen and oxygen atoms in total. The maximum absolute atomic E-state index is 13.9. The van der Waals surface area contributed by atoms with Crippen molar-refractivity contribution in [3.63, 3.8) is 0 Å². The summed E-state index contributed by atoms with van der Waals surface area (Å²) in [5, 5.41) is 11.6. The van der Waals surface area contributed by atoms with Gasteiger partial charge in [-0.15, -0.1) is 0 Å². The monoisotopic (exact) mass is 348 g/mol. The number of nitro benzene ring substituents is 1. The predicted octanol–water partition coefficient (Wildman–Crippen LogP) is 4.50. The molecule has 0 saturated heterocycles. The third-order valence-electron chi connectivity index (χ3n) is 3.34. The van der Waals surface area contributed by atoms with Crippen molar-refractivity contribution in [2.75, 3.05) is 0 Å². The molecular formula is C15H10BrFN2O2. The lowest BCUT2D eigenvalue weighted by atomic mass is 10.2. The van der Waals surface area contributed by atoms with Gasteiger partial charge in [0.05, 0.1) is 22.4 Å². The smallest absolute Gasteiger partial charge is 0.278 e. The van der Waals surface area contributed by atoms with Crippen molar-refractivity contribution in [1.29, 1.82) is 0 Å². The molecule has 0 saturated carbocycles. The van der Waals surface area contributed by atoms with Crippen molar-refractivity contribution >= 4 is 32.5 Å². The van der Waals surface area contributed by atoms with Crippen LogP contribution in [-0.4, -0.2) is 9.49 Å². The summed E-state index contributed by atoms with van der Waals surface area (Å²) in [7, 11) is 0. The van der Waals surface area contributed by atoms with Crippen molar-refractivity contribution in [2.24, 2.45) is 0 Å². The van der Waals surface area contributed by atoms with E-state index in [2.05, 4.69) is 15.9 Å². The number of aromatic nitrogens is 1. The van der Waals surface area contributed by atoms with Crippen molar-refractivity contribution in [1.82, 2.24) is 4.57 Å². The second-order valence-electron chi connectivity index (χ2n) is 4.65. The molecule has 106 valence electrons. The van der Waals surface area contributed by atoms with Gasteiger partial charge in [-0.25, -0.2) is 4.39 Å². The summed E-state index contributed by atoms with van der Waals surface area (Å²) in [4.78, 5) is 10.6. The van der Waals surface area contributed by atoms with E-state index in [1.165, 1.54) is 12.1 Å². The molecule has 6 heteroatoms. The van der Waals surface area contributed by atoms with Gasteiger partial charge in [0.25, 0.3) is 5.69 Å².